The molecule has 2 aliphatic heterocycles. The molecule has 9 heteroatoms. The summed E-state index contributed by atoms with van der Waals surface area (Å²) < 4.78 is 44.3. The van der Waals surface area contributed by atoms with E-state index in [9.17, 15) is 8.42 Å². The van der Waals surface area contributed by atoms with Crippen LogP contribution < -0.4 is 9.62 Å². The highest BCUT2D eigenvalue weighted by molar-refractivity contribution is 7.87. The minimum Gasteiger partial charge on any atom is -0.462 e. The van der Waals surface area contributed by atoms with Crippen LogP contribution in [0.2, 0.25) is 0 Å². The topological polar surface area (TPSA) is 91.3 Å². The van der Waals surface area contributed by atoms with Crippen molar-refractivity contribution in [3.63, 3.8) is 0 Å². The molecule has 4 rings (SSSR count). The minimum atomic E-state index is -4.29. The molecule has 0 bridgehead atoms. The van der Waals surface area contributed by atoms with Crippen LogP contribution in [-0.2, 0) is 26.2 Å². The van der Waals surface area contributed by atoms with Crippen LogP contribution >= 0.6 is 0 Å². The molecule has 2 aromatic rings. The van der Waals surface area contributed by atoms with Gasteiger partial charge in [0.1, 0.15) is 6.26 Å². The van der Waals surface area contributed by atoms with E-state index in [0.29, 0.717) is 5.69 Å². The number of nitrogens with one attached hydrogen (secondary N) is 1. The molecule has 0 saturated carbocycles. The summed E-state index contributed by atoms with van der Waals surface area (Å²) in [6.45, 7) is 3.49. The molecule has 1 atom stereocenters. The Morgan fingerprint density at radius 2 is 1.80 bits per heavy atom. The summed E-state index contributed by atoms with van der Waals surface area (Å²) >= 11 is 0. The molecule has 1 unspecified atom stereocenters. The van der Waals surface area contributed by atoms with E-state index in [-0.39, 0.29) is 12.8 Å². The maximum absolute atomic E-state index is 11.1. The van der Waals surface area contributed by atoms with E-state index >= 15 is 0 Å². The lowest BCUT2D eigenvalue weighted by molar-refractivity contribution is 0.0580. The van der Waals surface area contributed by atoms with Crippen molar-refractivity contribution in [1.82, 2.24) is 4.90 Å². The Hall–Kier alpha value is -2.75. The third-order valence-corrected chi connectivity index (χ3v) is 5.80. The number of hydrogen-bond acceptors (Lipinski definition) is 6. The molecule has 2 aromatic carbocycles. The molecule has 0 aromatic heterocycles. The molecule has 0 amide bonds. The molecule has 0 radical (unpaired) electrons. The quantitative estimate of drug-likeness (QED) is 0.651. The third kappa shape index (κ3) is 5.24. The van der Waals surface area contributed by atoms with Gasteiger partial charge in [-0.1, -0.05) is 36.4 Å². The van der Waals surface area contributed by atoms with Gasteiger partial charge in [0.05, 0.1) is 11.7 Å². The summed E-state index contributed by atoms with van der Waals surface area (Å²) in [5.41, 5.74) is 2.48. The predicted molar refractivity (Wildman–Crippen MR) is 114 cm³/mol. The Morgan fingerprint density at radius 3 is 2.47 bits per heavy atom. The highest BCUT2D eigenvalue weighted by Gasteiger charge is 2.30. The summed E-state index contributed by atoms with van der Waals surface area (Å²) in [5, 5.41) is 0. The van der Waals surface area contributed by atoms with Crippen molar-refractivity contribution in [3.05, 3.63) is 72.2 Å². The van der Waals surface area contributed by atoms with Crippen LogP contribution in [0.25, 0.3) is 0 Å². The lowest BCUT2D eigenvalue weighted by Crippen LogP contribution is -2.51. The number of anilines is 2. The molecule has 2 aliphatic rings. The van der Waals surface area contributed by atoms with Crippen molar-refractivity contribution >= 4 is 21.7 Å². The molecule has 1 saturated heterocycles. The highest BCUT2D eigenvalue weighted by Crippen LogP contribution is 2.25. The van der Waals surface area contributed by atoms with Gasteiger partial charge in [0, 0.05) is 31.9 Å². The van der Waals surface area contributed by atoms with Gasteiger partial charge in [-0.3, -0.25) is 14.2 Å². The van der Waals surface area contributed by atoms with Gasteiger partial charge in [0.15, 0.2) is 5.76 Å². The van der Waals surface area contributed by atoms with Gasteiger partial charge in [0.25, 0.3) is 0 Å². The lowest BCUT2D eigenvalue weighted by Gasteiger charge is -2.40. The number of benzene rings is 2. The minimum absolute atomic E-state index is 0.101. The molecular formula is C21H25N3O5S. The fourth-order valence-corrected chi connectivity index (χ4v) is 4.31. The van der Waals surface area contributed by atoms with Crippen LogP contribution in [0.5, 0.6) is 0 Å². The van der Waals surface area contributed by atoms with E-state index in [0.717, 1.165) is 44.0 Å². The summed E-state index contributed by atoms with van der Waals surface area (Å²) in [7, 11) is -4.29. The van der Waals surface area contributed by atoms with Gasteiger partial charge in [-0.2, -0.15) is 8.42 Å². The normalized spacial score (nSPS) is 18.3. The van der Waals surface area contributed by atoms with Crippen molar-refractivity contribution in [2.45, 2.75) is 12.5 Å². The van der Waals surface area contributed by atoms with Crippen molar-refractivity contribution in [2.75, 3.05) is 42.6 Å². The Labute approximate surface area is 176 Å². The number of hydrogen-bond donors (Lipinski definition) is 2. The highest BCUT2D eigenvalue weighted by atomic mass is 32.2. The predicted octanol–water partition coefficient (Wildman–Crippen LogP) is 2.48. The van der Waals surface area contributed by atoms with Crippen LogP contribution in [0, 0.1) is 0 Å². The average Bonchev–Trinajstić information content (AvgIpc) is 3.26. The number of nitrogens with zero attached hydrogens (tertiary/aromatic N) is 2. The van der Waals surface area contributed by atoms with Crippen LogP contribution in [0.4, 0.5) is 11.4 Å². The molecule has 1 fully saturated rings. The monoisotopic (exact) mass is 431 g/mol. The zero-order valence-corrected chi connectivity index (χ0v) is 17.3. The largest absolute Gasteiger partial charge is 0.462 e. The van der Waals surface area contributed by atoms with Gasteiger partial charge >= 0.3 is 10.3 Å². The Kier molecular flexibility index (Phi) is 6.12. The lowest BCUT2D eigenvalue weighted by atomic mass is 10.0. The molecule has 2 N–H and O–H groups in total. The third-order valence-electron chi connectivity index (χ3n) is 5.31. The van der Waals surface area contributed by atoms with E-state index in [4.69, 9.17) is 14.0 Å². The standard InChI is InChI=1S/C21H25N3O5S/c25-30(26,27)22-18-7-4-8-19(14-18)23-9-11-24(12-10-23)20(21-15-28-16-29-21)13-17-5-2-1-3-6-17/h1-8,14-15,20,22H,9-13,16H2,(H,25,26,27). The summed E-state index contributed by atoms with van der Waals surface area (Å²) in [5.74, 6) is 0.853. The number of rotatable bonds is 7. The molecule has 160 valence electrons. The first-order valence-corrected chi connectivity index (χ1v) is 11.2. The molecule has 2 heterocycles. The number of ether oxygens (including phenoxy) is 2. The molecule has 8 nitrogen and oxygen atoms in total. The van der Waals surface area contributed by atoms with Crippen LogP contribution in [0.3, 0.4) is 0 Å². The van der Waals surface area contributed by atoms with Crippen LogP contribution in [-0.4, -0.2) is 56.9 Å². The smallest absolute Gasteiger partial charge is 0.357 e. The van der Waals surface area contributed by atoms with Gasteiger partial charge < -0.3 is 14.4 Å². The van der Waals surface area contributed by atoms with Crippen LogP contribution in [0.1, 0.15) is 5.56 Å². The fraction of sp³-hybridized carbons (Fsp3) is 0.333. The zero-order chi connectivity index (χ0) is 21.0. The van der Waals surface area contributed by atoms with Gasteiger partial charge in [-0.15, -0.1) is 0 Å². The summed E-state index contributed by atoms with van der Waals surface area (Å²) in [6, 6.07) is 17.5. The summed E-state index contributed by atoms with van der Waals surface area (Å²) in [6.07, 6.45) is 2.55. The molecule has 0 spiro atoms. The number of piperazine rings is 1. The maximum atomic E-state index is 11.1. The molecule has 30 heavy (non-hydrogen) atoms. The van der Waals surface area contributed by atoms with E-state index in [1.54, 1.807) is 24.5 Å². The first-order chi connectivity index (χ1) is 14.5. The Balaban J connectivity index is 1.44. The van der Waals surface area contributed by atoms with Gasteiger partial charge in [-0.25, -0.2) is 0 Å². The van der Waals surface area contributed by atoms with Crippen molar-refractivity contribution < 1.29 is 22.4 Å². The van der Waals surface area contributed by atoms with Gasteiger partial charge in [0.2, 0.25) is 6.79 Å². The average molecular weight is 432 g/mol. The Bertz CT molecular complexity index is 989. The van der Waals surface area contributed by atoms with Crippen molar-refractivity contribution in [1.29, 1.82) is 0 Å². The first kappa shape index (κ1) is 20.5. The Morgan fingerprint density at radius 1 is 1.03 bits per heavy atom. The SMILES string of the molecule is O=S(=O)(O)Nc1cccc(N2CCN(C(Cc3ccccc3)C3=COCO3)CC2)c1. The van der Waals surface area contributed by atoms with E-state index in [1.807, 2.05) is 24.3 Å². The van der Waals surface area contributed by atoms with E-state index < -0.39 is 10.3 Å². The molecule has 0 aliphatic carbocycles. The van der Waals surface area contributed by atoms with Gasteiger partial charge in [-0.05, 0) is 30.2 Å². The second-order valence-corrected chi connectivity index (χ2v) is 8.46. The maximum Gasteiger partial charge on any atom is 0.357 e. The second-order valence-electron chi connectivity index (χ2n) is 7.31. The van der Waals surface area contributed by atoms with E-state index in [2.05, 4.69) is 26.7 Å². The van der Waals surface area contributed by atoms with Crippen molar-refractivity contribution in [2.24, 2.45) is 0 Å². The summed E-state index contributed by atoms with van der Waals surface area (Å²) in [4.78, 5) is 4.59. The fourth-order valence-electron chi connectivity index (χ4n) is 3.88. The van der Waals surface area contributed by atoms with Crippen LogP contribution in [0.15, 0.2) is 66.6 Å². The first-order valence-electron chi connectivity index (χ1n) is 9.81. The van der Waals surface area contributed by atoms with E-state index in [1.165, 1.54) is 5.56 Å². The molecular weight excluding hydrogens is 406 g/mol. The van der Waals surface area contributed by atoms with Crippen molar-refractivity contribution in [3.8, 4) is 0 Å². The zero-order valence-electron chi connectivity index (χ0n) is 16.5. The second kappa shape index (κ2) is 8.95.